The molecule has 0 spiro atoms. The average Bonchev–Trinajstić information content (AvgIpc) is 2.93. The molecule has 2 aromatic carbocycles. The summed E-state index contributed by atoms with van der Waals surface area (Å²) >= 11 is 23.4. The molecule has 0 aliphatic carbocycles. The quantitative estimate of drug-likeness (QED) is 0.502. The predicted octanol–water partition coefficient (Wildman–Crippen LogP) is 6.01. The molecule has 134 valence electrons. The minimum Gasteiger partial charge on any atom is -0.331 e. The fourth-order valence-corrected chi connectivity index (χ4v) is 3.05. The van der Waals surface area contributed by atoms with Crippen molar-refractivity contribution >= 4 is 63.6 Å². The van der Waals surface area contributed by atoms with Crippen molar-refractivity contribution in [3.63, 3.8) is 0 Å². The molecule has 0 fully saturated rings. The van der Waals surface area contributed by atoms with Crippen LogP contribution in [0.25, 0.3) is 0 Å². The molecular formula is C18H15Cl3N4S. The third-order valence-electron chi connectivity index (χ3n) is 3.67. The van der Waals surface area contributed by atoms with Gasteiger partial charge in [0.2, 0.25) is 0 Å². The van der Waals surface area contributed by atoms with Crippen LogP contribution in [-0.2, 0) is 6.54 Å². The molecule has 8 heteroatoms. The number of aryl methyl sites for hydroxylation is 1. The number of nitrogens with zero attached hydrogens (tertiary/aromatic N) is 2. The van der Waals surface area contributed by atoms with Crippen LogP contribution in [0.15, 0.2) is 48.5 Å². The highest BCUT2D eigenvalue weighted by molar-refractivity contribution is 7.80. The number of rotatable bonds is 4. The third kappa shape index (κ3) is 4.68. The molecule has 0 saturated carbocycles. The molecule has 0 unspecified atom stereocenters. The minimum absolute atomic E-state index is 0.380. The average molecular weight is 426 g/mol. The Hall–Kier alpha value is -1.79. The first kappa shape index (κ1) is 19.0. The minimum atomic E-state index is 0.380. The molecule has 0 saturated heterocycles. The maximum absolute atomic E-state index is 6.16. The second kappa shape index (κ2) is 8.27. The molecular weight excluding hydrogens is 411 g/mol. The van der Waals surface area contributed by atoms with Gasteiger partial charge in [0.05, 0.1) is 22.3 Å². The Kier molecular flexibility index (Phi) is 6.04. The summed E-state index contributed by atoms with van der Waals surface area (Å²) < 4.78 is 1.89. The summed E-state index contributed by atoms with van der Waals surface area (Å²) in [7, 11) is 0. The highest BCUT2D eigenvalue weighted by atomic mass is 35.5. The summed E-state index contributed by atoms with van der Waals surface area (Å²) in [5, 5.41) is 12.6. The molecule has 0 atom stereocenters. The van der Waals surface area contributed by atoms with Crippen molar-refractivity contribution in [1.82, 2.24) is 9.78 Å². The fraction of sp³-hybridized carbons (Fsp3) is 0.111. The molecule has 2 N–H and O–H groups in total. The first-order valence-electron chi connectivity index (χ1n) is 7.73. The van der Waals surface area contributed by atoms with E-state index in [0.717, 1.165) is 11.3 Å². The molecule has 0 aliphatic rings. The zero-order chi connectivity index (χ0) is 18.7. The van der Waals surface area contributed by atoms with Crippen molar-refractivity contribution in [2.45, 2.75) is 13.5 Å². The molecule has 3 aromatic rings. The van der Waals surface area contributed by atoms with E-state index in [0.29, 0.717) is 38.2 Å². The Morgan fingerprint density at radius 3 is 2.54 bits per heavy atom. The molecule has 1 aromatic heterocycles. The van der Waals surface area contributed by atoms with E-state index >= 15 is 0 Å². The molecule has 0 bridgehead atoms. The Bertz CT molecular complexity index is 938. The number of halogens is 3. The van der Waals surface area contributed by atoms with Crippen LogP contribution in [0.1, 0.15) is 11.3 Å². The first-order valence-corrected chi connectivity index (χ1v) is 9.27. The second-order valence-corrected chi connectivity index (χ2v) is 7.27. The van der Waals surface area contributed by atoms with E-state index in [4.69, 9.17) is 47.0 Å². The van der Waals surface area contributed by atoms with Crippen LogP contribution in [0.3, 0.4) is 0 Å². The zero-order valence-corrected chi connectivity index (χ0v) is 16.8. The van der Waals surface area contributed by atoms with Gasteiger partial charge in [-0.3, -0.25) is 4.68 Å². The van der Waals surface area contributed by atoms with E-state index in [1.54, 1.807) is 18.2 Å². The largest absolute Gasteiger partial charge is 0.331 e. The fourth-order valence-electron chi connectivity index (χ4n) is 2.36. The molecule has 26 heavy (non-hydrogen) atoms. The summed E-state index contributed by atoms with van der Waals surface area (Å²) in [4.78, 5) is 0. The lowest BCUT2D eigenvalue weighted by Gasteiger charge is -2.10. The smallest absolute Gasteiger partial charge is 0.176 e. The highest BCUT2D eigenvalue weighted by Gasteiger charge is 2.09. The molecule has 0 amide bonds. The summed E-state index contributed by atoms with van der Waals surface area (Å²) in [5.74, 6) is 0.645. The zero-order valence-electron chi connectivity index (χ0n) is 13.8. The lowest BCUT2D eigenvalue weighted by atomic mass is 10.2. The number of hydrogen-bond donors (Lipinski definition) is 2. The Labute approximate surface area is 172 Å². The third-order valence-corrected chi connectivity index (χ3v) is 4.94. The van der Waals surface area contributed by atoms with Crippen LogP contribution in [0.4, 0.5) is 11.5 Å². The maximum atomic E-state index is 6.16. The van der Waals surface area contributed by atoms with Gasteiger partial charge in [0.1, 0.15) is 0 Å². The van der Waals surface area contributed by atoms with Gasteiger partial charge in [0.25, 0.3) is 0 Å². The molecule has 3 rings (SSSR count). The van der Waals surface area contributed by atoms with Gasteiger partial charge >= 0.3 is 0 Å². The number of benzene rings is 2. The van der Waals surface area contributed by atoms with Crippen molar-refractivity contribution in [1.29, 1.82) is 0 Å². The summed E-state index contributed by atoms with van der Waals surface area (Å²) in [6, 6.07) is 14.9. The van der Waals surface area contributed by atoms with Gasteiger partial charge in [-0.05, 0) is 49.0 Å². The number of nitrogens with one attached hydrogen (secondary N) is 2. The normalized spacial score (nSPS) is 10.6. The van der Waals surface area contributed by atoms with E-state index in [1.807, 2.05) is 41.9 Å². The van der Waals surface area contributed by atoms with Crippen LogP contribution < -0.4 is 10.6 Å². The maximum Gasteiger partial charge on any atom is 0.176 e. The van der Waals surface area contributed by atoms with Gasteiger partial charge in [-0.2, -0.15) is 5.10 Å². The topological polar surface area (TPSA) is 41.9 Å². The molecule has 0 radical (unpaired) electrons. The van der Waals surface area contributed by atoms with E-state index < -0.39 is 0 Å². The van der Waals surface area contributed by atoms with Gasteiger partial charge in [-0.1, -0.05) is 53.0 Å². The van der Waals surface area contributed by atoms with Crippen molar-refractivity contribution in [2.75, 3.05) is 10.6 Å². The highest BCUT2D eigenvalue weighted by Crippen LogP contribution is 2.29. The summed E-state index contributed by atoms with van der Waals surface area (Å²) in [6.07, 6.45) is 0. The molecule has 1 heterocycles. The van der Waals surface area contributed by atoms with Gasteiger partial charge in [-0.15, -0.1) is 0 Å². The van der Waals surface area contributed by atoms with E-state index in [9.17, 15) is 0 Å². The van der Waals surface area contributed by atoms with E-state index in [-0.39, 0.29) is 0 Å². The van der Waals surface area contributed by atoms with Crippen molar-refractivity contribution in [2.24, 2.45) is 0 Å². The van der Waals surface area contributed by atoms with Crippen molar-refractivity contribution < 1.29 is 0 Å². The van der Waals surface area contributed by atoms with Gasteiger partial charge in [0, 0.05) is 16.8 Å². The van der Waals surface area contributed by atoms with Crippen molar-refractivity contribution in [3.8, 4) is 0 Å². The van der Waals surface area contributed by atoms with Crippen LogP contribution >= 0.6 is 47.0 Å². The van der Waals surface area contributed by atoms with Crippen LogP contribution in [0, 0.1) is 6.92 Å². The standard InChI is InChI=1S/C18H15Cl3N4S/c1-11-9-16(24-25(11)10-12-5-7-13(19)8-6-12)23-18(26)22-15-4-2-3-14(20)17(15)21/h2-9H,10H2,1H3,(H2,22,23,24,26). The molecule has 4 nitrogen and oxygen atoms in total. The van der Waals surface area contributed by atoms with Gasteiger partial charge < -0.3 is 10.6 Å². The van der Waals surface area contributed by atoms with E-state index in [1.165, 1.54) is 0 Å². The van der Waals surface area contributed by atoms with E-state index in [2.05, 4.69) is 15.7 Å². The Morgan fingerprint density at radius 1 is 1.08 bits per heavy atom. The number of anilines is 2. The molecule has 0 aliphatic heterocycles. The van der Waals surface area contributed by atoms with Crippen LogP contribution in [0.2, 0.25) is 15.1 Å². The number of aromatic nitrogens is 2. The van der Waals surface area contributed by atoms with Gasteiger partial charge in [-0.25, -0.2) is 0 Å². The lowest BCUT2D eigenvalue weighted by Crippen LogP contribution is -2.19. The van der Waals surface area contributed by atoms with Gasteiger partial charge in [0.15, 0.2) is 10.9 Å². The van der Waals surface area contributed by atoms with Crippen LogP contribution in [0.5, 0.6) is 0 Å². The Morgan fingerprint density at radius 2 is 1.81 bits per heavy atom. The second-order valence-electron chi connectivity index (χ2n) is 5.64. The van der Waals surface area contributed by atoms with Crippen LogP contribution in [-0.4, -0.2) is 14.9 Å². The number of thiocarbonyl (C=S) groups is 1. The monoisotopic (exact) mass is 424 g/mol. The SMILES string of the molecule is Cc1cc(NC(=S)Nc2cccc(Cl)c2Cl)nn1Cc1ccc(Cl)cc1. The van der Waals surface area contributed by atoms with Crippen molar-refractivity contribution in [3.05, 3.63) is 74.9 Å². The summed E-state index contributed by atoms with van der Waals surface area (Å²) in [6.45, 7) is 2.63. The predicted molar refractivity (Wildman–Crippen MR) is 114 cm³/mol. The first-order chi connectivity index (χ1) is 12.4. The number of hydrogen-bond acceptors (Lipinski definition) is 2. The lowest BCUT2D eigenvalue weighted by molar-refractivity contribution is 0.668. The summed E-state index contributed by atoms with van der Waals surface area (Å²) in [5.41, 5.74) is 2.75. The Balaban J connectivity index is 1.67.